The lowest BCUT2D eigenvalue weighted by atomic mass is 9.88. The van der Waals surface area contributed by atoms with Crippen LogP contribution in [0.15, 0.2) is 43.0 Å². The highest BCUT2D eigenvalue weighted by Crippen LogP contribution is 2.46. The number of aryl methyl sites for hydroxylation is 2. The van der Waals surface area contributed by atoms with Gasteiger partial charge in [-0.15, -0.1) is 0 Å². The van der Waals surface area contributed by atoms with Crippen LogP contribution in [0.3, 0.4) is 0 Å². The second-order valence-corrected chi connectivity index (χ2v) is 9.59. The lowest BCUT2D eigenvalue weighted by molar-refractivity contribution is 0.557. The minimum atomic E-state index is -0.620. The molecule has 35 heavy (non-hydrogen) atoms. The zero-order chi connectivity index (χ0) is 24.9. The third kappa shape index (κ3) is 4.11. The van der Waals surface area contributed by atoms with E-state index in [9.17, 15) is 8.78 Å². The summed E-state index contributed by atoms with van der Waals surface area (Å²) in [5, 5.41) is 3.19. The van der Waals surface area contributed by atoms with Crippen molar-refractivity contribution in [2.24, 2.45) is 0 Å². The van der Waals surface area contributed by atoms with Gasteiger partial charge < -0.3 is 10.2 Å². The van der Waals surface area contributed by atoms with E-state index in [2.05, 4.69) is 35.2 Å². The van der Waals surface area contributed by atoms with Crippen LogP contribution in [0.5, 0.6) is 0 Å². The van der Waals surface area contributed by atoms with Gasteiger partial charge in [0.15, 0.2) is 0 Å². The van der Waals surface area contributed by atoms with Gasteiger partial charge in [-0.25, -0.2) is 28.7 Å². The molecule has 1 aliphatic heterocycles. The minimum absolute atomic E-state index is 0.294. The molecule has 1 aromatic carbocycles. The van der Waals surface area contributed by atoms with Gasteiger partial charge in [0.1, 0.15) is 41.2 Å². The lowest BCUT2D eigenvalue weighted by Gasteiger charge is -2.22. The summed E-state index contributed by atoms with van der Waals surface area (Å²) in [4.78, 5) is 20.4. The molecule has 7 nitrogen and oxygen atoms in total. The van der Waals surface area contributed by atoms with Crippen LogP contribution in [0, 0.1) is 25.5 Å². The molecule has 0 saturated heterocycles. The van der Waals surface area contributed by atoms with Crippen LogP contribution in [0.25, 0.3) is 5.82 Å². The second-order valence-electron chi connectivity index (χ2n) is 9.59. The summed E-state index contributed by atoms with van der Waals surface area (Å²) in [5.41, 5.74) is 3.75. The summed E-state index contributed by atoms with van der Waals surface area (Å²) in [6, 6.07) is 5.69. The number of aromatic nitrogens is 5. The molecule has 1 aliphatic rings. The predicted molar refractivity (Wildman–Crippen MR) is 132 cm³/mol. The Kier molecular flexibility index (Phi) is 5.50. The number of anilines is 3. The number of hydrogen-bond donors (Lipinski definition) is 1. The van der Waals surface area contributed by atoms with Gasteiger partial charge in [-0.3, -0.25) is 4.57 Å². The quantitative estimate of drug-likeness (QED) is 0.437. The summed E-state index contributed by atoms with van der Waals surface area (Å²) >= 11 is 0. The third-order valence-electron chi connectivity index (χ3n) is 6.29. The molecule has 5 rings (SSSR count). The molecule has 0 radical (unpaired) electrons. The number of nitrogens with zero attached hydrogens (tertiary/aromatic N) is 6. The average Bonchev–Trinajstić information content (AvgIpc) is 3.34. The summed E-state index contributed by atoms with van der Waals surface area (Å²) in [5.74, 6) is 1.51. The van der Waals surface area contributed by atoms with Gasteiger partial charge in [0, 0.05) is 49.5 Å². The van der Waals surface area contributed by atoms with E-state index in [-0.39, 0.29) is 5.41 Å². The molecule has 4 aromatic rings. The first-order valence-corrected chi connectivity index (χ1v) is 11.4. The topological polar surface area (TPSA) is 71.8 Å². The van der Waals surface area contributed by atoms with Crippen molar-refractivity contribution < 1.29 is 8.78 Å². The Bertz CT molecular complexity index is 1430. The zero-order valence-electron chi connectivity index (χ0n) is 20.4. The highest BCUT2D eigenvalue weighted by Gasteiger charge is 2.41. The molecular formula is C26H27F2N7. The van der Waals surface area contributed by atoms with Crippen LogP contribution in [-0.4, -0.2) is 38.1 Å². The van der Waals surface area contributed by atoms with E-state index < -0.39 is 11.6 Å². The number of fused-ring (bicyclic) bond motifs is 1. The maximum absolute atomic E-state index is 14.7. The Hall–Kier alpha value is -3.88. The van der Waals surface area contributed by atoms with Crippen molar-refractivity contribution in [3.05, 3.63) is 82.8 Å². The maximum Gasteiger partial charge on any atom is 0.149 e. The molecule has 0 aliphatic carbocycles. The highest BCUT2D eigenvalue weighted by molar-refractivity contribution is 5.74. The van der Waals surface area contributed by atoms with Crippen molar-refractivity contribution in [2.75, 3.05) is 23.8 Å². The van der Waals surface area contributed by atoms with Gasteiger partial charge in [0.05, 0.1) is 11.4 Å². The molecule has 3 aromatic heterocycles. The summed E-state index contributed by atoms with van der Waals surface area (Å²) in [7, 11) is 1.82. The molecule has 0 saturated carbocycles. The van der Waals surface area contributed by atoms with E-state index in [0.29, 0.717) is 36.1 Å². The standard InChI is InChI=1S/C26H27F2N7/c1-15-8-17(11-30-24(15)34-12-16(2)31-14-34)9-21-32-23(29-5)22-25(33-21)35(13-26(22,3)4)20-7-6-18(27)10-19(20)28/h6-8,10-12,14H,9,13H2,1-5H3,(H,29,32,33). The largest absolute Gasteiger partial charge is 0.373 e. The van der Waals surface area contributed by atoms with Crippen LogP contribution in [0.2, 0.25) is 0 Å². The van der Waals surface area contributed by atoms with Crippen molar-refractivity contribution in [3.63, 3.8) is 0 Å². The van der Waals surface area contributed by atoms with Gasteiger partial charge in [-0.1, -0.05) is 19.9 Å². The van der Waals surface area contributed by atoms with Crippen LogP contribution in [-0.2, 0) is 11.8 Å². The Morgan fingerprint density at radius 2 is 1.86 bits per heavy atom. The van der Waals surface area contributed by atoms with Crippen molar-refractivity contribution in [2.45, 2.75) is 39.5 Å². The van der Waals surface area contributed by atoms with Crippen LogP contribution >= 0.6 is 0 Å². The summed E-state index contributed by atoms with van der Waals surface area (Å²) < 4.78 is 30.2. The fraction of sp³-hybridized carbons (Fsp3) is 0.308. The number of hydrogen-bond acceptors (Lipinski definition) is 6. The smallest absolute Gasteiger partial charge is 0.149 e. The lowest BCUT2D eigenvalue weighted by Crippen LogP contribution is -2.26. The van der Waals surface area contributed by atoms with E-state index in [1.54, 1.807) is 6.33 Å². The van der Waals surface area contributed by atoms with E-state index in [1.165, 1.54) is 12.1 Å². The van der Waals surface area contributed by atoms with E-state index in [0.717, 1.165) is 34.3 Å². The summed E-state index contributed by atoms with van der Waals surface area (Å²) in [6.45, 7) is 8.58. The number of imidazole rings is 1. The molecule has 0 unspecified atom stereocenters. The van der Waals surface area contributed by atoms with E-state index >= 15 is 0 Å². The summed E-state index contributed by atoms with van der Waals surface area (Å²) in [6.07, 6.45) is 5.95. The molecule has 0 atom stereocenters. The predicted octanol–water partition coefficient (Wildman–Crippen LogP) is 5.01. The van der Waals surface area contributed by atoms with Crippen molar-refractivity contribution >= 4 is 17.3 Å². The zero-order valence-corrected chi connectivity index (χ0v) is 20.4. The maximum atomic E-state index is 14.7. The average molecular weight is 476 g/mol. The number of halogens is 2. The van der Waals surface area contributed by atoms with Crippen LogP contribution < -0.4 is 10.2 Å². The Balaban J connectivity index is 1.54. The Labute approximate surface area is 202 Å². The molecule has 0 fully saturated rings. The van der Waals surface area contributed by atoms with Gasteiger partial charge in [0.25, 0.3) is 0 Å². The number of rotatable bonds is 5. The second kappa shape index (κ2) is 8.41. The van der Waals surface area contributed by atoms with Gasteiger partial charge in [-0.05, 0) is 37.1 Å². The number of benzene rings is 1. The van der Waals surface area contributed by atoms with Crippen LogP contribution in [0.1, 0.15) is 42.1 Å². The van der Waals surface area contributed by atoms with Crippen LogP contribution in [0.4, 0.5) is 26.1 Å². The van der Waals surface area contributed by atoms with E-state index in [1.807, 2.05) is 42.8 Å². The van der Waals surface area contributed by atoms with Gasteiger partial charge >= 0.3 is 0 Å². The minimum Gasteiger partial charge on any atom is -0.373 e. The van der Waals surface area contributed by atoms with Crippen molar-refractivity contribution in [1.82, 2.24) is 24.5 Å². The molecule has 9 heteroatoms. The van der Waals surface area contributed by atoms with Crippen molar-refractivity contribution in [1.29, 1.82) is 0 Å². The van der Waals surface area contributed by atoms with Gasteiger partial charge in [-0.2, -0.15) is 0 Å². The fourth-order valence-corrected chi connectivity index (χ4v) is 4.73. The Morgan fingerprint density at radius 3 is 2.51 bits per heavy atom. The molecule has 0 amide bonds. The first-order valence-electron chi connectivity index (χ1n) is 11.4. The molecule has 180 valence electrons. The first-order chi connectivity index (χ1) is 16.7. The third-order valence-corrected chi connectivity index (χ3v) is 6.29. The SMILES string of the molecule is CNc1nc(Cc2cnc(-n3cnc(C)c3)c(C)c2)nc2c1C(C)(C)CN2c1ccc(F)cc1F. The fourth-order valence-electron chi connectivity index (χ4n) is 4.73. The normalized spacial score (nSPS) is 14.3. The number of pyridine rings is 1. The van der Waals surface area contributed by atoms with E-state index in [4.69, 9.17) is 9.97 Å². The van der Waals surface area contributed by atoms with Crippen molar-refractivity contribution in [3.8, 4) is 5.82 Å². The molecule has 4 heterocycles. The molecular weight excluding hydrogens is 448 g/mol. The molecule has 0 spiro atoms. The number of nitrogens with one attached hydrogen (secondary N) is 1. The first kappa shape index (κ1) is 22.9. The van der Waals surface area contributed by atoms with Gasteiger partial charge in [0.2, 0.25) is 0 Å². The highest BCUT2D eigenvalue weighted by atomic mass is 19.1. The monoisotopic (exact) mass is 475 g/mol. The Morgan fingerprint density at radius 1 is 1.06 bits per heavy atom. The molecule has 0 bridgehead atoms. The molecule has 1 N–H and O–H groups in total.